The summed E-state index contributed by atoms with van der Waals surface area (Å²) < 4.78 is 2.08. The maximum absolute atomic E-state index is 11.1. The van der Waals surface area contributed by atoms with Crippen LogP contribution in [-0.4, -0.2) is 15.6 Å². The van der Waals surface area contributed by atoms with Gasteiger partial charge in [0.25, 0.3) is 0 Å². The topological polar surface area (TPSA) is 42.2 Å². The second kappa shape index (κ2) is 3.67. The summed E-state index contributed by atoms with van der Waals surface area (Å²) >= 11 is 0. The van der Waals surface area contributed by atoms with E-state index < -0.39 is 5.97 Å². The summed E-state index contributed by atoms with van der Waals surface area (Å²) in [7, 11) is 0. The number of hydrogen-bond acceptors (Lipinski definition) is 1. The highest BCUT2D eigenvalue weighted by molar-refractivity contribution is 5.95. The lowest BCUT2D eigenvalue weighted by Gasteiger charge is -2.10. The minimum Gasteiger partial charge on any atom is -0.478 e. The fourth-order valence-electron chi connectivity index (χ4n) is 2.00. The summed E-state index contributed by atoms with van der Waals surface area (Å²) in [6, 6.07) is 6.04. The maximum Gasteiger partial charge on any atom is 0.336 e. The third-order valence-corrected chi connectivity index (χ3v) is 2.85. The van der Waals surface area contributed by atoms with Gasteiger partial charge in [0.05, 0.1) is 5.56 Å². The zero-order chi connectivity index (χ0) is 11.9. The third kappa shape index (κ3) is 1.58. The molecule has 1 aromatic heterocycles. The second-order valence-electron chi connectivity index (χ2n) is 4.35. The van der Waals surface area contributed by atoms with E-state index in [-0.39, 0.29) is 0 Å². The SMILES string of the molecule is Cc1cc2ccn(C(C)C)c2cc1C(=O)O. The minimum absolute atomic E-state index is 0.335. The van der Waals surface area contributed by atoms with Gasteiger partial charge in [-0.3, -0.25) is 0 Å². The molecule has 3 nitrogen and oxygen atoms in total. The quantitative estimate of drug-likeness (QED) is 0.839. The summed E-state index contributed by atoms with van der Waals surface area (Å²) in [5.74, 6) is -0.865. The minimum atomic E-state index is -0.865. The van der Waals surface area contributed by atoms with Crippen LogP contribution in [0, 0.1) is 6.92 Å². The molecule has 0 fully saturated rings. The molecule has 1 N–H and O–H groups in total. The molecule has 16 heavy (non-hydrogen) atoms. The summed E-state index contributed by atoms with van der Waals surface area (Å²) in [5.41, 5.74) is 2.17. The number of rotatable bonds is 2. The number of benzene rings is 1. The van der Waals surface area contributed by atoms with E-state index in [1.54, 1.807) is 6.07 Å². The van der Waals surface area contributed by atoms with E-state index in [4.69, 9.17) is 5.11 Å². The molecule has 0 bridgehead atoms. The van der Waals surface area contributed by atoms with Crippen molar-refractivity contribution in [2.45, 2.75) is 26.8 Å². The Hall–Kier alpha value is -1.77. The van der Waals surface area contributed by atoms with Crippen molar-refractivity contribution < 1.29 is 9.90 Å². The highest BCUT2D eigenvalue weighted by Crippen LogP contribution is 2.23. The van der Waals surface area contributed by atoms with E-state index >= 15 is 0 Å². The Morgan fingerprint density at radius 1 is 1.38 bits per heavy atom. The Labute approximate surface area is 94.3 Å². The molecule has 2 aromatic rings. The number of hydrogen-bond donors (Lipinski definition) is 1. The summed E-state index contributed by atoms with van der Waals surface area (Å²) in [6.07, 6.45) is 2.00. The molecular weight excluding hydrogens is 202 g/mol. The van der Waals surface area contributed by atoms with Crippen LogP contribution in [-0.2, 0) is 0 Å². The van der Waals surface area contributed by atoms with Gasteiger partial charge in [0, 0.05) is 17.8 Å². The standard InChI is InChI=1S/C13H15NO2/c1-8(2)14-5-4-10-6-9(3)11(13(15)16)7-12(10)14/h4-8H,1-3H3,(H,15,16). The largest absolute Gasteiger partial charge is 0.478 e. The lowest BCUT2D eigenvalue weighted by Crippen LogP contribution is -2.02. The van der Waals surface area contributed by atoms with Crippen molar-refractivity contribution in [1.82, 2.24) is 4.57 Å². The average molecular weight is 217 g/mol. The van der Waals surface area contributed by atoms with E-state index in [1.807, 2.05) is 25.3 Å². The Bertz CT molecular complexity index is 552. The van der Waals surface area contributed by atoms with Crippen LogP contribution in [0.4, 0.5) is 0 Å². The number of carbonyl (C=O) groups is 1. The predicted octanol–water partition coefficient (Wildman–Crippen LogP) is 3.23. The Morgan fingerprint density at radius 2 is 2.06 bits per heavy atom. The first-order valence-electron chi connectivity index (χ1n) is 5.35. The van der Waals surface area contributed by atoms with Gasteiger partial charge in [-0.2, -0.15) is 0 Å². The van der Waals surface area contributed by atoms with Crippen molar-refractivity contribution in [1.29, 1.82) is 0 Å². The van der Waals surface area contributed by atoms with Crippen molar-refractivity contribution >= 4 is 16.9 Å². The van der Waals surface area contributed by atoms with Crippen molar-refractivity contribution in [2.24, 2.45) is 0 Å². The van der Waals surface area contributed by atoms with E-state index in [1.165, 1.54) is 0 Å². The van der Waals surface area contributed by atoms with Crippen molar-refractivity contribution in [3.63, 3.8) is 0 Å². The first-order chi connectivity index (χ1) is 7.50. The number of carboxylic acid groups (broad SMARTS) is 1. The van der Waals surface area contributed by atoms with Crippen LogP contribution in [0.3, 0.4) is 0 Å². The van der Waals surface area contributed by atoms with Gasteiger partial charge in [-0.05, 0) is 49.9 Å². The van der Waals surface area contributed by atoms with Crippen LogP contribution in [0.25, 0.3) is 10.9 Å². The number of nitrogens with zero attached hydrogens (tertiary/aromatic N) is 1. The number of aromatic nitrogens is 1. The monoisotopic (exact) mass is 217 g/mol. The van der Waals surface area contributed by atoms with Gasteiger partial charge in [-0.15, -0.1) is 0 Å². The molecule has 0 aliphatic rings. The van der Waals surface area contributed by atoms with Gasteiger partial charge >= 0.3 is 5.97 Å². The normalized spacial score (nSPS) is 11.2. The Kier molecular flexibility index (Phi) is 2.46. The maximum atomic E-state index is 11.1. The van der Waals surface area contributed by atoms with Crippen LogP contribution in [0.5, 0.6) is 0 Å². The molecule has 0 unspecified atom stereocenters. The molecule has 3 heteroatoms. The molecule has 0 saturated heterocycles. The average Bonchev–Trinajstić information content (AvgIpc) is 2.58. The molecule has 2 rings (SSSR count). The fourth-order valence-corrected chi connectivity index (χ4v) is 2.00. The fraction of sp³-hybridized carbons (Fsp3) is 0.308. The van der Waals surface area contributed by atoms with E-state index in [2.05, 4.69) is 18.4 Å². The molecular formula is C13H15NO2. The third-order valence-electron chi connectivity index (χ3n) is 2.85. The zero-order valence-electron chi connectivity index (χ0n) is 9.69. The first kappa shape index (κ1) is 10.7. The molecule has 0 saturated carbocycles. The van der Waals surface area contributed by atoms with E-state index in [0.29, 0.717) is 11.6 Å². The molecule has 0 spiro atoms. The zero-order valence-corrected chi connectivity index (χ0v) is 9.69. The molecule has 0 aliphatic heterocycles. The van der Waals surface area contributed by atoms with Crippen LogP contribution in [0.2, 0.25) is 0 Å². The van der Waals surface area contributed by atoms with E-state index in [0.717, 1.165) is 16.5 Å². The number of fused-ring (bicyclic) bond motifs is 1. The summed E-state index contributed by atoms with van der Waals surface area (Å²) in [6.45, 7) is 6.00. The van der Waals surface area contributed by atoms with Crippen molar-refractivity contribution in [3.05, 3.63) is 35.5 Å². The lowest BCUT2D eigenvalue weighted by atomic mass is 10.1. The molecule has 1 heterocycles. The van der Waals surface area contributed by atoms with Crippen LogP contribution in [0.15, 0.2) is 24.4 Å². The molecule has 0 atom stereocenters. The van der Waals surface area contributed by atoms with Crippen LogP contribution < -0.4 is 0 Å². The molecule has 84 valence electrons. The number of aryl methyl sites for hydroxylation is 1. The van der Waals surface area contributed by atoms with Gasteiger partial charge in [0.1, 0.15) is 0 Å². The Balaban J connectivity index is 2.74. The van der Waals surface area contributed by atoms with Gasteiger partial charge in [0.15, 0.2) is 0 Å². The molecule has 0 aliphatic carbocycles. The van der Waals surface area contributed by atoms with Gasteiger partial charge in [-0.1, -0.05) is 0 Å². The highest BCUT2D eigenvalue weighted by Gasteiger charge is 2.11. The Morgan fingerprint density at radius 3 is 2.62 bits per heavy atom. The van der Waals surface area contributed by atoms with Crippen LogP contribution in [0.1, 0.15) is 35.8 Å². The van der Waals surface area contributed by atoms with Gasteiger partial charge in [0.2, 0.25) is 0 Å². The van der Waals surface area contributed by atoms with Crippen LogP contribution >= 0.6 is 0 Å². The smallest absolute Gasteiger partial charge is 0.336 e. The number of carboxylic acids is 1. The molecule has 0 radical (unpaired) electrons. The summed E-state index contributed by atoms with van der Waals surface area (Å²) in [4.78, 5) is 11.1. The van der Waals surface area contributed by atoms with Crippen molar-refractivity contribution in [2.75, 3.05) is 0 Å². The first-order valence-corrected chi connectivity index (χ1v) is 5.35. The summed E-state index contributed by atoms with van der Waals surface area (Å²) in [5, 5.41) is 10.2. The van der Waals surface area contributed by atoms with Gasteiger partial charge < -0.3 is 9.67 Å². The second-order valence-corrected chi connectivity index (χ2v) is 4.35. The predicted molar refractivity (Wildman–Crippen MR) is 64.0 cm³/mol. The number of aromatic carboxylic acids is 1. The van der Waals surface area contributed by atoms with E-state index in [9.17, 15) is 4.79 Å². The van der Waals surface area contributed by atoms with Gasteiger partial charge in [-0.25, -0.2) is 4.79 Å². The van der Waals surface area contributed by atoms with Crippen molar-refractivity contribution in [3.8, 4) is 0 Å². The highest BCUT2D eigenvalue weighted by atomic mass is 16.4. The lowest BCUT2D eigenvalue weighted by molar-refractivity contribution is 0.0696. The molecule has 1 aromatic carbocycles. The molecule has 0 amide bonds.